The van der Waals surface area contributed by atoms with E-state index in [4.69, 9.17) is 11.5 Å². The SMILES string of the molecule is Cc1cc(-c2cn(C3CC3)c3ncnc(N)c23)ncc1N. The van der Waals surface area contributed by atoms with Crippen LogP contribution in [0.2, 0.25) is 0 Å². The molecular formula is C15H16N6. The summed E-state index contributed by atoms with van der Waals surface area (Å²) in [6.07, 6.45) is 7.65. The number of nitrogens with zero attached hydrogens (tertiary/aromatic N) is 4. The summed E-state index contributed by atoms with van der Waals surface area (Å²) in [6, 6.07) is 2.50. The van der Waals surface area contributed by atoms with Gasteiger partial charge in [-0.1, -0.05) is 0 Å². The van der Waals surface area contributed by atoms with Crippen LogP contribution in [0.5, 0.6) is 0 Å². The lowest BCUT2D eigenvalue weighted by molar-refractivity contribution is 0.766. The third kappa shape index (κ3) is 1.83. The molecule has 3 heterocycles. The topological polar surface area (TPSA) is 95.6 Å². The fourth-order valence-electron chi connectivity index (χ4n) is 2.65. The van der Waals surface area contributed by atoms with Gasteiger partial charge in [0.1, 0.15) is 17.8 Å². The Bertz CT molecular complexity index is 847. The minimum Gasteiger partial charge on any atom is -0.397 e. The van der Waals surface area contributed by atoms with Crippen molar-refractivity contribution in [2.24, 2.45) is 0 Å². The van der Waals surface area contributed by atoms with Crippen molar-refractivity contribution in [1.29, 1.82) is 0 Å². The maximum atomic E-state index is 6.08. The van der Waals surface area contributed by atoms with Crippen molar-refractivity contribution in [1.82, 2.24) is 19.5 Å². The fraction of sp³-hybridized carbons (Fsp3) is 0.267. The summed E-state index contributed by atoms with van der Waals surface area (Å²) in [5.41, 5.74) is 16.3. The molecule has 6 heteroatoms. The number of anilines is 2. The van der Waals surface area contributed by atoms with Crippen LogP contribution in [-0.2, 0) is 0 Å². The van der Waals surface area contributed by atoms with Crippen molar-refractivity contribution in [3.05, 3.63) is 30.4 Å². The first-order valence-corrected chi connectivity index (χ1v) is 6.98. The Morgan fingerprint density at radius 2 is 2.00 bits per heavy atom. The number of hydrogen-bond acceptors (Lipinski definition) is 5. The van der Waals surface area contributed by atoms with Crippen LogP contribution in [0.15, 0.2) is 24.8 Å². The van der Waals surface area contributed by atoms with Gasteiger partial charge in [0.2, 0.25) is 0 Å². The molecule has 0 atom stereocenters. The molecule has 106 valence electrons. The van der Waals surface area contributed by atoms with E-state index < -0.39 is 0 Å². The van der Waals surface area contributed by atoms with E-state index in [2.05, 4.69) is 25.7 Å². The van der Waals surface area contributed by atoms with Gasteiger partial charge in [0, 0.05) is 17.8 Å². The summed E-state index contributed by atoms with van der Waals surface area (Å²) in [6.45, 7) is 1.97. The first-order chi connectivity index (χ1) is 10.1. The first kappa shape index (κ1) is 12.1. The van der Waals surface area contributed by atoms with Crippen molar-refractivity contribution in [2.75, 3.05) is 11.5 Å². The second-order valence-electron chi connectivity index (χ2n) is 5.56. The fourth-order valence-corrected chi connectivity index (χ4v) is 2.65. The molecule has 3 aromatic heterocycles. The van der Waals surface area contributed by atoms with E-state index in [1.807, 2.05) is 13.0 Å². The van der Waals surface area contributed by atoms with E-state index in [1.54, 1.807) is 6.20 Å². The molecule has 0 spiro atoms. The zero-order valence-electron chi connectivity index (χ0n) is 11.7. The van der Waals surface area contributed by atoms with Crippen molar-refractivity contribution in [3.63, 3.8) is 0 Å². The third-order valence-electron chi connectivity index (χ3n) is 4.01. The lowest BCUT2D eigenvalue weighted by Gasteiger charge is -2.03. The maximum absolute atomic E-state index is 6.08. The number of hydrogen-bond donors (Lipinski definition) is 2. The molecule has 0 saturated heterocycles. The van der Waals surface area contributed by atoms with Crippen LogP contribution in [0.3, 0.4) is 0 Å². The Morgan fingerprint density at radius 3 is 2.71 bits per heavy atom. The van der Waals surface area contributed by atoms with Gasteiger partial charge in [-0.25, -0.2) is 9.97 Å². The highest BCUT2D eigenvalue weighted by Crippen LogP contribution is 2.41. The van der Waals surface area contributed by atoms with Crippen LogP contribution in [0.25, 0.3) is 22.3 Å². The molecule has 0 aliphatic heterocycles. The van der Waals surface area contributed by atoms with E-state index in [1.165, 1.54) is 19.2 Å². The molecular weight excluding hydrogens is 264 g/mol. The number of pyridine rings is 1. The summed E-state index contributed by atoms with van der Waals surface area (Å²) in [7, 11) is 0. The number of aromatic nitrogens is 4. The van der Waals surface area contributed by atoms with E-state index >= 15 is 0 Å². The smallest absolute Gasteiger partial charge is 0.146 e. The van der Waals surface area contributed by atoms with Gasteiger partial charge in [-0.05, 0) is 31.4 Å². The number of fused-ring (bicyclic) bond motifs is 1. The highest BCUT2D eigenvalue weighted by molar-refractivity contribution is 6.00. The Balaban J connectivity index is 2.01. The summed E-state index contributed by atoms with van der Waals surface area (Å²) in [5.74, 6) is 0.491. The predicted octanol–water partition coefficient (Wildman–Crippen LogP) is 2.30. The second-order valence-corrected chi connectivity index (χ2v) is 5.56. The summed E-state index contributed by atoms with van der Waals surface area (Å²) in [5, 5.41) is 0.876. The van der Waals surface area contributed by atoms with E-state index in [9.17, 15) is 0 Å². The van der Waals surface area contributed by atoms with Crippen molar-refractivity contribution >= 4 is 22.5 Å². The zero-order chi connectivity index (χ0) is 14.6. The van der Waals surface area contributed by atoms with Crippen LogP contribution in [0.1, 0.15) is 24.4 Å². The van der Waals surface area contributed by atoms with Gasteiger partial charge in [-0.15, -0.1) is 0 Å². The van der Waals surface area contributed by atoms with Crippen LogP contribution in [-0.4, -0.2) is 19.5 Å². The first-order valence-electron chi connectivity index (χ1n) is 6.98. The summed E-state index contributed by atoms with van der Waals surface area (Å²) >= 11 is 0. The number of rotatable bonds is 2. The lowest BCUT2D eigenvalue weighted by atomic mass is 10.1. The second kappa shape index (κ2) is 4.18. The average Bonchev–Trinajstić information content (AvgIpc) is 3.23. The molecule has 0 aromatic carbocycles. The molecule has 0 bridgehead atoms. The maximum Gasteiger partial charge on any atom is 0.146 e. The molecule has 0 radical (unpaired) electrons. The molecule has 0 unspecified atom stereocenters. The molecule has 1 saturated carbocycles. The quantitative estimate of drug-likeness (QED) is 0.751. The lowest BCUT2D eigenvalue weighted by Crippen LogP contribution is -1.96. The Hall–Kier alpha value is -2.63. The largest absolute Gasteiger partial charge is 0.397 e. The molecule has 6 nitrogen and oxygen atoms in total. The van der Waals surface area contributed by atoms with Crippen LogP contribution < -0.4 is 11.5 Å². The van der Waals surface area contributed by atoms with Crippen LogP contribution in [0.4, 0.5) is 11.5 Å². The van der Waals surface area contributed by atoms with Crippen molar-refractivity contribution < 1.29 is 0 Å². The Labute approximate surface area is 121 Å². The Kier molecular flexibility index (Phi) is 2.42. The van der Waals surface area contributed by atoms with Gasteiger partial charge in [-0.2, -0.15) is 0 Å². The minimum atomic E-state index is 0.491. The van der Waals surface area contributed by atoms with Gasteiger partial charge in [-0.3, -0.25) is 4.98 Å². The van der Waals surface area contributed by atoms with Gasteiger partial charge in [0.25, 0.3) is 0 Å². The van der Waals surface area contributed by atoms with Gasteiger partial charge >= 0.3 is 0 Å². The van der Waals surface area contributed by atoms with Gasteiger partial charge in [0.05, 0.1) is 23.0 Å². The predicted molar refractivity (Wildman–Crippen MR) is 82.6 cm³/mol. The highest BCUT2D eigenvalue weighted by atomic mass is 15.1. The normalized spacial score (nSPS) is 14.7. The van der Waals surface area contributed by atoms with E-state index in [0.717, 1.165) is 27.9 Å². The van der Waals surface area contributed by atoms with E-state index in [0.29, 0.717) is 17.5 Å². The van der Waals surface area contributed by atoms with E-state index in [-0.39, 0.29) is 0 Å². The van der Waals surface area contributed by atoms with Gasteiger partial charge in [0.15, 0.2) is 0 Å². The van der Waals surface area contributed by atoms with Crippen molar-refractivity contribution in [2.45, 2.75) is 25.8 Å². The number of nitrogens with two attached hydrogens (primary N) is 2. The summed E-state index contributed by atoms with van der Waals surface area (Å²) < 4.78 is 2.19. The van der Waals surface area contributed by atoms with Crippen LogP contribution in [0, 0.1) is 6.92 Å². The van der Waals surface area contributed by atoms with Gasteiger partial charge < -0.3 is 16.0 Å². The zero-order valence-corrected chi connectivity index (χ0v) is 11.7. The number of aryl methyl sites for hydroxylation is 1. The molecule has 3 aromatic rings. The minimum absolute atomic E-state index is 0.491. The summed E-state index contributed by atoms with van der Waals surface area (Å²) in [4.78, 5) is 13.0. The molecule has 21 heavy (non-hydrogen) atoms. The van der Waals surface area contributed by atoms with Crippen LogP contribution >= 0.6 is 0 Å². The Morgan fingerprint density at radius 1 is 1.19 bits per heavy atom. The molecule has 1 fully saturated rings. The average molecular weight is 280 g/mol. The molecule has 0 amide bonds. The highest BCUT2D eigenvalue weighted by Gasteiger charge is 2.27. The molecule has 4 rings (SSSR count). The van der Waals surface area contributed by atoms with Crippen molar-refractivity contribution in [3.8, 4) is 11.3 Å². The molecule has 4 N–H and O–H groups in total. The molecule has 1 aliphatic rings. The number of nitrogen functional groups attached to an aromatic ring is 2. The molecule has 1 aliphatic carbocycles. The third-order valence-corrected chi connectivity index (χ3v) is 4.01. The standard InChI is InChI=1S/C15H16N6/c1-8-4-12(18-5-11(8)16)10-6-21(9-2-3-9)15-13(10)14(17)19-7-20-15/h4-7,9H,2-3,16H2,1H3,(H2,17,19,20). The monoisotopic (exact) mass is 280 g/mol.